The van der Waals surface area contributed by atoms with Gasteiger partial charge in [-0.1, -0.05) is 12.1 Å². The zero-order valence-electron chi connectivity index (χ0n) is 13.6. The van der Waals surface area contributed by atoms with Crippen molar-refractivity contribution in [1.29, 1.82) is 0 Å². The fraction of sp³-hybridized carbons (Fsp3) is 0.333. The number of amides is 1. The van der Waals surface area contributed by atoms with Gasteiger partial charge in [-0.2, -0.15) is 0 Å². The minimum atomic E-state index is -0.919. The fourth-order valence-electron chi connectivity index (χ4n) is 3.00. The summed E-state index contributed by atoms with van der Waals surface area (Å²) in [4.78, 5) is 16.5. The van der Waals surface area contributed by atoms with Gasteiger partial charge < -0.3 is 15.2 Å². The maximum absolute atomic E-state index is 13.8. The minimum absolute atomic E-state index is 0.0380. The predicted molar refractivity (Wildman–Crippen MR) is 86.1 cm³/mol. The lowest BCUT2D eigenvalue weighted by Crippen LogP contribution is -2.41. The minimum Gasteiger partial charge on any atom is -0.481 e. The maximum Gasteiger partial charge on any atom is 0.257 e. The third kappa shape index (κ3) is 3.61. The molecule has 7 heteroatoms. The molecule has 1 amide bonds. The van der Waals surface area contributed by atoms with E-state index in [-0.39, 0.29) is 5.92 Å². The van der Waals surface area contributed by atoms with Crippen LogP contribution in [0.2, 0.25) is 0 Å². The molecule has 0 bridgehead atoms. The smallest absolute Gasteiger partial charge is 0.257 e. The second-order valence-electron chi connectivity index (χ2n) is 6.07. The molecule has 2 N–H and O–H groups in total. The highest BCUT2D eigenvalue weighted by atomic mass is 19.1. The molecule has 1 saturated carbocycles. The Labute approximate surface area is 143 Å². The van der Waals surface area contributed by atoms with Gasteiger partial charge in [0, 0.05) is 12.3 Å². The van der Waals surface area contributed by atoms with Crippen LogP contribution in [-0.4, -0.2) is 29.2 Å². The first-order valence-electron chi connectivity index (χ1n) is 7.92. The first kappa shape index (κ1) is 17.3. The summed E-state index contributed by atoms with van der Waals surface area (Å²) < 4.78 is 32.7. The largest absolute Gasteiger partial charge is 0.481 e. The Hall–Kier alpha value is -2.54. The lowest BCUT2D eigenvalue weighted by atomic mass is 9.75. The van der Waals surface area contributed by atoms with Crippen molar-refractivity contribution < 1.29 is 23.4 Å². The summed E-state index contributed by atoms with van der Waals surface area (Å²) in [5, 5.41) is 12.2. The van der Waals surface area contributed by atoms with E-state index < -0.39 is 35.3 Å². The second-order valence-corrected chi connectivity index (χ2v) is 6.07. The molecule has 1 heterocycles. The van der Waals surface area contributed by atoms with E-state index in [9.17, 15) is 18.7 Å². The zero-order valence-corrected chi connectivity index (χ0v) is 13.6. The van der Waals surface area contributed by atoms with Crippen molar-refractivity contribution in [2.45, 2.75) is 25.0 Å². The third-order valence-electron chi connectivity index (χ3n) is 4.42. The lowest BCUT2D eigenvalue weighted by molar-refractivity contribution is 0.0233. The Balaban J connectivity index is 1.86. The van der Waals surface area contributed by atoms with Crippen LogP contribution in [-0.2, 0) is 0 Å². The summed E-state index contributed by atoms with van der Waals surface area (Å²) in [5.74, 6) is -2.29. The molecular weight excluding hydrogens is 330 g/mol. The number of benzene rings is 1. The van der Waals surface area contributed by atoms with Crippen molar-refractivity contribution in [2.24, 2.45) is 5.92 Å². The van der Waals surface area contributed by atoms with E-state index in [1.165, 1.54) is 13.2 Å². The van der Waals surface area contributed by atoms with Gasteiger partial charge in [-0.3, -0.25) is 4.79 Å². The number of rotatable bonds is 5. The van der Waals surface area contributed by atoms with Crippen molar-refractivity contribution in [3.8, 4) is 5.88 Å². The predicted octanol–water partition coefficient (Wildman–Crippen LogP) is 2.61. The Kier molecular flexibility index (Phi) is 4.94. The molecule has 1 aromatic heterocycles. The van der Waals surface area contributed by atoms with Crippen molar-refractivity contribution in [1.82, 2.24) is 10.3 Å². The number of carbonyl (C=O) groups is 1. The van der Waals surface area contributed by atoms with Gasteiger partial charge in [-0.15, -0.1) is 0 Å². The molecule has 5 nitrogen and oxygen atoms in total. The molecule has 1 aliphatic carbocycles. The van der Waals surface area contributed by atoms with Crippen molar-refractivity contribution in [3.05, 3.63) is 59.3 Å². The molecule has 25 heavy (non-hydrogen) atoms. The number of aromatic nitrogens is 1. The van der Waals surface area contributed by atoms with E-state index in [0.717, 1.165) is 12.1 Å². The molecule has 0 saturated heterocycles. The molecule has 0 spiro atoms. The Morgan fingerprint density at radius 2 is 1.96 bits per heavy atom. The van der Waals surface area contributed by atoms with E-state index in [4.69, 9.17) is 4.74 Å². The Morgan fingerprint density at radius 3 is 2.48 bits per heavy atom. The van der Waals surface area contributed by atoms with Crippen LogP contribution in [0.1, 0.15) is 34.8 Å². The van der Waals surface area contributed by atoms with Gasteiger partial charge in [0.05, 0.1) is 19.3 Å². The highest BCUT2D eigenvalue weighted by Gasteiger charge is 2.36. The average Bonchev–Trinajstić information content (AvgIpc) is 2.57. The number of aliphatic hydroxyl groups is 1. The lowest BCUT2D eigenvalue weighted by Gasteiger charge is -2.38. The highest BCUT2D eigenvalue weighted by molar-refractivity contribution is 5.95. The van der Waals surface area contributed by atoms with Crippen LogP contribution in [0.25, 0.3) is 0 Å². The van der Waals surface area contributed by atoms with Gasteiger partial charge in [0.25, 0.3) is 5.91 Å². The van der Waals surface area contributed by atoms with Crippen LogP contribution in [0.5, 0.6) is 5.88 Å². The number of hydrogen-bond donors (Lipinski definition) is 2. The van der Waals surface area contributed by atoms with Gasteiger partial charge in [0.1, 0.15) is 17.2 Å². The summed E-state index contributed by atoms with van der Waals surface area (Å²) in [7, 11) is 1.49. The highest BCUT2D eigenvalue weighted by Crippen LogP contribution is 2.38. The van der Waals surface area contributed by atoms with E-state index in [2.05, 4.69) is 10.3 Å². The topological polar surface area (TPSA) is 71.5 Å². The van der Waals surface area contributed by atoms with Crippen LogP contribution >= 0.6 is 0 Å². The zero-order chi connectivity index (χ0) is 18.0. The molecule has 1 fully saturated rings. The van der Waals surface area contributed by atoms with E-state index in [0.29, 0.717) is 24.3 Å². The van der Waals surface area contributed by atoms with Gasteiger partial charge in [0.2, 0.25) is 5.88 Å². The first-order valence-corrected chi connectivity index (χ1v) is 7.92. The molecule has 2 aromatic rings. The second kappa shape index (κ2) is 7.14. The normalized spacial score (nSPS) is 20.5. The Bertz CT molecular complexity index is 741. The van der Waals surface area contributed by atoms with Crippen molar-refractivity contribution in [3.63, 3.8) is 0 Å². The fourth-order valence-corrected chi connectivity index (χ4v) is 3.00. The quantitative estimate of drug-likeness (QED) is 0.871. The summed E-state index contributed by atoms with van der Waals surface area (Å²) >= 11 is 0. The van der Waals surface area contributed by atoms with Gasteiger partial charge >= 0.3 is 0 Å². The van der Waals surface area contributed by atoms with Crippen LogP contribution < -0.4 is 10.1 Å². The molecule has 1 atom stereocenters. The van der Waals surface area contributed by atoms with Crippen LogP contribution in [0.3, 0.4) is 0 Å². The van der Waals surface area contributed by atoms with Gasteiger partial charge in [-0.05, 0) is 36.5 Å². The van der Waals surface area contributed by atoms with Crippen LogP contribution in [0.4, 0.5) is 8.78 Å². The number of methoxy groups -OCH3 is 1. The maximum atomic E-state index is 13.8. The summed E-state index contributed by atoms with van der Waals surface area (Å²) in [6, 6.07) is 6.15. The molecule has 1 aliphatic rings. The Morgan fingerprint density at radius 1 is 1.28 bits per heavy atom. The van der Waals surface area contributed by atoms with Crippen molar-refractivity contribution >= 4 is 5.91 Å². The number of pyridine rings is 1. The molecule has 0 radical (unpaired) electrons. The molecule has 1 aromatic carbocycles. The number of ether oxygens (including phenoxy) is 1. The number of carbonyl (C=O) groups excluding carboxylic acids is 1. The number of nitrogens with one attached hydrogen (secondary N) is 1. The molecule has 0 aliphatic heterocycles. The number of aliphatic hydroxyl groups excluding tert-OH is 1. The molecular formula is C18H18F2N2O3. The van der Waals surface area contributed by atoms with Gasteiger partial charge in [0.15, 0.2) is 0 Å². The summed E-state index contributed by atoms with van der Waals surface area (Å²) in [5.41, 5.74) is 0.0663. The monoisotopic (exact) mass is 348 g/mol. The van der Waals surface area contributed by atoms with Crippen LogP contribution in [0.15, 0.2) is 36.5 Å². The third-order valence-corrected chi connectivity index (χ3v) is 4.42. The average molecular weight is 348 g/mol. The van der Waals surface area contributed by atoms with Crippen LogP contribution in [0, 0.1) is 17.6 Å². The number of halogens is 2. The van der Waals surface area contributed by atoms with Gasteiger partial charge in [-0.25, -0.2) is 13.8 Å². The standard InChI is InChI=1S/C18H18F2N2O3/c1-25-15-6-5-10(9-21-15)17(11-7-12(23)8-11)22-18(24)16-13(19)3-2-4-14(16)20/h2-6,9,11-12,17,23H,7-8H2,1H3,(H,22,24)/t11?,12?,17-/m0/s1. The number of nitrogens with zero attached hydrogens (tertiary/aromatic N) is 1. The first-order chi connectivity index (χ1) is 12.0. The molecule has 0 unspecified atom stereocenters. The van der Waals surface area contributed by atoms with E-state index in [1.807, 2.05) is 0 Å². The van der Waals surface area contributed by atoms with E-state index in [1.54, 1.807) is 18.3 Å². The van der Waals surface area contributed by atoms with Crippen molar-refractivity contribution in [2.75, 3.05) is 7.11 Å². The molecule has 3 rings (SSSR count). The SMILES string of the molecule is COc1ccc([C@H](NC(=O)c2c(F)cccc2F)C2CC(O)C2)cn1. The summed E-state index contributed by atoms with van der Waals surface area (Å²) in [6.45, 7) is 0. The van der Waals surface area contributed by atoms with E-state index >= 15 is 0 Å². The summed E-state index contributed by atoms with van der Waals surface area (Å²) in [6.07, 6.45) is 2.11. The molecule has 132 valence electrons. The number of hydrogen-bond acceptors (Lipinski definition) is 4.